The quantitative estimate of drug-likeness (QED) is 0.877. The van der Waals surface area contributed by atoms with Crippen LogP contribution in [0.4, 0.5) is 0 Å². The number of carbonyl (C=O) groups is 1. The molecule has 1 amide bonds. The molecule has 2 N–H and O–H groups in total. The molecule has 2 rings (SSSR count). The normalized spacial score (nSPS) is 18.1. The number of nitrogens with one attached hydrogen (secondary N) is 2. The highest BCUT2D eigenvalue weighted by molar-refractivity contribution is 6.30. The van der Waals surface area contributed by atoms with Crippen LogP contribution in [0.25, 0.3) is 0 Å². The van der Waals surface area contributed by atoms with Gasteiger partial charge >= 0.3 is 0 Å². The number of benzene rings is 1. The Morgan fingerprint density at radius 3 is 2.75 bits per heavy atom. The Bertz CT molecular complexity index is 403. The number of carbonyl (C=O) groups excluding carboxylic acids is 1. The molecule has 112 valence electrons. The van der Waals surface area contributed by atoms with Crippen LogP contribution in [-0.4, -0.2) is 25.5 Å². The van der Waals surface area contributed by atoms with Crippen LogP contribution in [0, 0.1) is 5.92 Å². The number of halogens is 2. The van der Waals surface area contributed by atoms with Crippen molar-refractivity contribution in [1.29, 1.82) is 0 Å². The SMILES string of the molecule is Cl.O=C(CCc1ccc(Cl)cc1)NCC1CCCNC1. The summed E-state index contributed by atoms with van der Waals surface area (Å²) in [6, 6.07) is 7.67. The van der Waals surface area contributed by atoms with E-state index in [1.807, 2.05) is 24.3 Å². The fourth-order valence-corrected chi connectivity index (χ4v) is 2.48. The summed E-state index contributed by atoms with van der Waals surface area (Å²) in [4.78, 5) is 11.8. The first-order valence-electron chi connectivity index (χ1n) is 6.96. The lowest BCUT2D eigenvalue weighted by Gasteiger charge is -2.22. The van der Waals surface area contributed by atoms with Gasteiger partial charge in [0.15, 0.2) is 0 Å². The second-order valence-electron chi connectivity index (χ2n) is 5.14. The maximum atomic E-state index is 11.8. The summed E-state index contributed by atoms with van der Waals surface area (Å²) < 4.78 is 0. The van der Waals surface area contributed by atoms with Gasteiger partial charge in [-0.1, -0.05) is 23.7 Å². The largest absolute Gasteiger partial charge is 0.356 e. The summed E-state index contributed by atoms with van der Waals surface area (Å²) in [5.41, 5.74) is 1.15. The van der Waals surface area contributed by atoms with Gasteiger partial charge in [-0.3, -0.25) is 4.79 Å². The number of aryl methyl sites for hydroxylation is 1. The molecule has 1 saturated heterocycles. The highest BCUT2D eigenvalue weighted by atomic mass is 35.5. The van der Waals surface area contributed by atoms with Gasteiger partial charge in [-0.05, 0) is 56.0 Å². The van der Waals surface area contributed by atoms with E-state index in [2.05, 4.69) is 10.6 Å². The Morgan fingerprint density at radius 1 is 1.35 bits per heavy atom. The van der Waals surface area contributed by atoms with Crippen molar-refractivity contribution in [3.05, 3.63) is 34.9 Å². The van der Waals surface area contributed by atoms with Gasteiger partial charge < -0.3 is 10.6 Å². The van der Waals surface area contributed by atoms with Crippen molar-refractivity contribution in [1.82, 2.24) is 10.6 Å². The summed E-state index contributed by atoms with van der Waals surface area (Å²) in [5, 5.41) is 7.12. The molecule has 20 heavy (non-hydrogen) atoms. The molecular formula is C15H22Cl2N2O. The third-order valence-corrected chi connectivity index (χ3v) is 3.79. The molecule has 1 unspecified atom stereocenters. The number of hydrogen-bond acceptors (Lipinski definition) is 2. The standard InChI is InChI=1S/C15H21ClN2O.ClH/c16-14-6-3-12(4-7-14)5-8-15(19)18-11-13-2-1-9-17-10-13;/h3-4,6-7,13,17H,1-2,5,8-11H2,(H,18,19);1H. The van der Waals surface area contributed by atoms with Crippen molar-refractivity contribution in [3.8, 4) is 0 Å². The predicted octanol–water partition coefficient (Wildman–Crippen LogP) is 2.81. The number of piperidine rings is 1. The predicted molar refractivity (Wildman–Crippen MR) is 85.6 cm³/mol. The average molecular weight is 317 g/mol. The molecule has 1 aromatic carbocycles. The molecule has 1 aliphatic rings. The third-order valence-electron chi connectivity index (χ3n) is 3.54. The van der Waals surface area contributed by atoms with Crippen LogP contribution in [0.1, 0.15) is 24.8 Å². The molecule has 1 heterocycles. The molecular weight excluding hydrogens is 295 g/mol. The topological polar surface area (TPSA) is 41.1 Å². The highest BCUT2D eigenvalue weighted by Crippen LogP contribution is 2.11. The zero-order valence-electron chi connectivity index (χ0n) is 11.5. The van der Waals surface area contributed by atoms with Gasteiger partial charge in [0.25, 0.3) is 0 Å². The summed E-state index contributed by atoms with van der Waals surface area (Å²) in [6.45, 7) is 2.94. The maximum absolute atomic E-state index is 11.8. The minimum atomic E-state index is 0. The summed E-state index contributed by atoms with van der Waals surface area (Å²) in [5.74, 6) is 0.730. The second-order valence-corrected chi connectivity index (χ2v) is 5.58. The molecule has 0 saturated carbocycles. The van der Waals surface area contributed by atoms with E-state index in [1.54, 1.807) is 0 Å². The van der Waals surface area contributed by atoms with Crippen LogP contribution in [0.2, 0.25) is 5.02 Å². The molecule has 0 aliphatic carbocycles. The first kappa shape index (κ1) is 17.3. The van der Waals surface area contributed by atoms with Gasteiger partial charge in [-0.25, -0.2) is 0 Å². The van der Waals surface area contributed by atoms with E-state index in [9.17, 15) is 4.79 Å². The van der Waals surface area contributed by atoms with Gasteiger partial charge in [0, 0.05) is 18.0 Å². The first-order chi connectivity index (χ1) is 9.24. The van der Waals surface area contributed by atoms with E-state index in [0.717, 1.165) is 36.6 Å². The highest BCUT2D eigenvalue weighted by Gasteiger charge is 2.13. The summed E-state index contributed by atoms with van der Waals surface area (Å²) >= 11 is 5.82. The van der Waals surface area contributed by atoms with Crippen LogP contribution in [0.3, 0.4) is 0 Å². The lowest BCUT2D eigenvalue weighted by Crippen LogP contribution is -2.38. The molecule has 3 nitrogen and oxygen atoms in total. The monoisotopic (exact) mass is 316 g/mol. The molecule has 0 radical (unpaired) electrons. The van der Waals surface area contributed by atoms with Crippen molar-refractivity contribution in [2.24, 2.45) is 5.92 Å². The molecule has 1 aliphatic heterocycles. The van der Waals surface area contributed by atoms with Crippen LogP contribution >= 0.6 is 24.0 Å². The lowest BCUT2D eigenvalue weighted by atomic mass is 10.00. The first-order valence-corrected chi connectivity index (χ1v) is 7.33. The molecule has 1 fully saturated rings. The van der Waals surface area contributed by atoms with Crippen molar-refractivity contribution in [3.63, 3.8) is 0 Å². The summed E-state index contributed by atoms with van der Waals surface area (Å²) in [6.07, 6.45) is 3.74. The minimum absolute atomic E-state index is 0. The Balaban J connectivity index is 0.00000200. The van der Waals surface area contributed by atoms with E-state index in [1.165, 1.54) is 12.8 Å². The van der Waals surface area contributed by atoms with E-state index in [0.29, 0.717) is 12.3 Å². The number of rotatable bonds is 5. The smallest absolute Gasteiger partial charge is 0.220 e. The molecule has 0 spiro atoms. The second kappa shape index (κ2) is 9.22. The third kappa shape index (κ3) is 6.12. The van der Waals surface area contributed by atoms with Gasteiger partial charge in [0.2, 0.25) is 5.91 Å². The van der Waals surface area contributed by atoms with Crippen LogP contribution in [0.15, 0.2) is 24.3 Å². The van der Waals surface area contributed by atoms with E-state index in [4.69, 9.17) is 11.6 Å². The van der Waals surface area contributed by atoms with Crippen LogP contribution in [0.5, 0.6) is 0 Å². The van der Waals surface area contributed by atoms with Gasteiger partial charge in [-0.2, -0.15) is 0 Å². The van der Waals surface area contributed by atoms with Gasteiger partial charge in [0.05, 0.1) is 0 Å². The van der Waals surface area contributed by atoms with E-state index in [-0.39, 0.29) is 18.3 Å². The zero-order valence-corrected chi connectivity index (χ0v) is 13.1. The van der Waals surface area contributed by atoms with Crippen molar-refractivity contribution < 1.29 is 4.79 Å². The lowest BCUT2D eigenvalue weighted by molar-refractivity contribution is -0.121. The van der Waals surface area contributed by atoms with Gasteiger partial charge in [-0.15, -0.1) is 12.4 Å². The summed E-state index contributed by atoms with van der Waals surface area (Å²) in [7, 11) is 0. The van der Waals surface area contributed by atoms with Gasteiger partial charge in [0.1, 0.15) is 0 Å². The fraction of sp³-hybridized carbons (Fsp3) is 0.533. The van der Waals surface area contributed by atoms with Crippen molar-refractivity contribution in [2.45, 2.75) is 25.7 Å². The van der Waals surface area contributed by atoms with Crippen molar-refractivity contribution >= 4 is 29.9 Å². The maximum Gasteiger partial charge on any atom is 0.220 e. The Morgan fingerprint density at radius 2 is 2.10 bits per heavy atom. The number of hydrogen-bond donors (Lipinski definition) is 2. The van der Waals surface area contributed by atoms with Crippen molar-refractivity contribution in [2.75, 3.05) is 19.6 Å². The Kier molecular flexibility index (Phi) is 7.97. The fourth-order valence-electron chi connectivity index (χ4n) is 2.35. The minimum Gasteiger partial charge on any atom is -0.356 e. The zero-order chi connectivity index (χ0) is 13.5. The van der Waals surface area contributed by atoms with E-state index >= 15 is 0 Å². The van der Waals surface area contributed by atoms with E-state index < -0.39 is 0 Å². The molecule has 0 bridgehead atoms. The average Bonchev–Trinajstić information content (AvgIpc) is 2.45. The number of amides is 1. The molecule has 0 aromatic heterocycles. The Hall–Kier alpha value is -0.770. The van der Waals surface area contributed by atoms with Crippen LogP contribution in [-0.2, 0) is 11.2 Å². The molecule has 1 atom stereocenters. The van der Waals surface area contributed by atoms with Crippen LogP contribution < -0.4 is 10.6 Å². The Labute approximate surface area is 131 Å². The molecule has 1 aromatic rings. The molecule has 5 heteroatoms.